The lowest BCUT2D eigenvalue weighted by atomic mass is 10.0. The van der Waals surface area contributed by atoms with E-state index in [2.05, 4.69) is 10.6 Å². The van der Waals surface area contributed by atoms with Gasteiger partial charge in [-0.1, -0.05) is 30.3 Å². The third-order valence-corrected chi connectivity index (χ3v) is 3.20. The number of rotatable bonds is 4. The Balaban J connectivity index is 2.14. The maximum Gasteiger partial charge on any atom is 0.330 e. The molecule has 1 aromatic carbocycles. The van der Waals surface area contributed by atoms with Gasteiger partial charge in [0.2, 0.25) is 5.91 Å². The summed E-state index contributed by atoms with van der Waals surface area (Å²) in [7, 11) is 0. The minimum absolute atomic E-state index is 0.326. The lowest BCUT2D eigenvalue weighted by Crippen LogP contribution is -2.39. The van der Waals surface area contributed by atoms with Crippen molar-refractivity contribution in [3.63, 3.8) is 0 Å². The van der Waals surface area contributed by atoms with Gasteiger partial charge in [0.25, 0.3) is 0 Å². The zero-order chi connectivity index (χ0) is 13.8. The molecule has 1 atom stereocenters. The normalized spacial score (nSPS) is 15.3. The van der Waals surface area contributed by atoms with E-state index in [-0.39, 0.29) is 5.91 Å². The summed E-state index contributed by atoms with van der Waals surface area (Å²) in [5, 5.41) is 14.8. The van der Waals surface area contributed by atoms with E-state index in [0.29, 0.717) is 24.2 Å². The van der Waals surface area contributed by atoms with Gasteiger partial charge in [-0.05, 0) is 18.1 Å². The van der Waals surface area contributed by atoms with Crippen LogP contribution in [0.25, 0.3) is 0 Å². The number of carbonyl (C=O) groups excluding carboxylic acids is 1. The molecule has 3 N–H and O–H groups in total. The van der Waals surface area contributed by atoms with Gasteiger partial charge in [0, 0.05) is 18.7 Å². The molecule has 5 heteroatoms. The van der Waals surface area contributed by atoms with Gasteiger partial charge in [0.05, 0.1) is 0 Å². The molecule has 2 rings (SSSR count). The average Bonchev–Trinajstić information content (AvgIpc) is 2.34. The van der Waals surface area contributed by atoms with E-state index in [1.165, 1.54) is 0 Å². The van der Waals surface area contributed by atoms with Crippen molar-refractivity contribution < 1.29 is 14.7 Å². The third-order valence-electron chi connectivity index (χ3n) is 3.20. The van der Waals surface area contributed by atoms with Crippen molar-refractivity contribution in [1.29, 1.82) is 0 Å². The average molecular weight is 260 g/mol. The zero-order valence-corrected chi connectivity index (χ0v) is 10.6. The van der Waals surface area contributed by atoms with E-state index in [4.69, 9.17) is 0 Å². The molecule has 1 aliphatic heterocycles. The van der Waals surface area contributed by atoms with Crippen LogP contribution in [-0.2, 0) is 9.59 Å². The molecule has 0 unspecified atom stereocenters. The number of carboxylic acid groups (broad SMARTS) is 1. The first-order valence-electron chi connectivity index (χ1n) is 6.07. The molecule has 19 heavy (non-hydrogen) atoms. The molecule has 1 aromatic rings. The number of amides is 1. The number of aliphatic carboxylic acids is 1. The van der Waals surface area contributed by atoms with Gasteiger partial charge in [-0.15, -0.1) is 0 Å². The van der Waals surface area contributed by atoms with Crippen molar-refractivity contribution >= 4 is 11.9 Å². The largest absolute Gasteiger partial charge is 0.479 e. The van der Waals surface area contributed by atoms with Crippen molar-refractivity contribution in [1.82, 2.24) is 10.6 Å². The van der Waals surface area contributed by atoms with E-state index in [9.17, 15) is 14.7 Å². The van der Waals surface area contributed by atoms with E-state index in [1.807, 2.05) is 0 Å². The maximum absolute atomic E-state index is 12.0. The van der Waals surface area contributed by atoms with Crippen LogP contribution in [0.3, 0.4) is 0 Å². The Labute approximate surface area is 111 Å². The van der Waals surface area contributed by atoms with Gasteiger partial charge >= 0.3 is 5.97 Å². The predicted octanol–water partition coefficient (Wildman–Crippen LogP) is 0.848. The molecular weight excluding hydrogens is 244 g/mol. The summed E-state index contributed by atoms with van der Waals surface area (Å²) < 4.78 is 0. The zero-order valence-electron chi connectivity index (χ0n) is 10.6. The second kappa shape index (κ2) is 5.67. The molecule has 0 aliphatic carbocycles. The Kier molecular flexibility index (Phi) is 3.97. The van der Waals surface area contributed by atoms with Crippen LogP contribution in [0.1, 0.15) is 18.5 Å². The van der Waals surface area contributed by atoms with Gasteiger partial charge in [-0.3, -0.25) is 4.79 Å². The minimum atomic E-state index is -1.07. The predicted molar refractivity (Wildman–Crippen MR) is 70.5 cm³/mol. The van der Waals surface area contributed by atoms with E-state index in [1.54, 1.807) is 37.3 Å². The summed E-state index contributed by atoms with van der Waals surface area (Å²) in [4.78, 5) is 23.3. The molecule has 0 bridgehead atoms. The number of hydrogen-bond acceptors (Lipinski definition) is 3. The Morgan fingerprint density at radius 1 is 1.26 bits per heavy atom. The molecule has 1 heterocycles. The van der Waals surface area contributed by atoms with E-state index < -0.39 is 12.0 Å². The Bertz CT molecular complexity index is 517. The fourth-order valence-corrected chi connectivity index (χ4v) is 1.85. The first kappa shape index (κ1) is 13.3. The van der Waals surface area contributed by atoms with Crippen LogP contribution in [0.15, 0.2) is 41.5 Å². The van der Waals surface area contributed by atoms with Crippen LogP contribution in [0.2, 0.25) is 0 Å². The summed E-state index contributed by atoms with van der Waals surface area (Å²) in [5.41, 5.74) is 2.18. The first-order chi connectivity index (χ1) is 9.09. The molecule has 1 amide bonds. The summed E-state index contributed by atoms with van der Waals surface area (Å²) in [6.45, 7) is 3.11. The van der Waals surface area contributed by atoms with E-state index in [0.717, 1.165) is 5.57 Å². The number of benzene rings is 1. The second-order valence-corrected chi connectivity index (χ2v) is 4.49. The Morgan fingerprint density at radius 2 is 1.89 bits per heavy atom. The number of carbonyl (C=O) groups is 2. The lowest BCUT2D eigenvalue weighted by molar-refractivity contribution is -0.141. The summed E-state index contributed by atoms with van der Waals surface area (Å²) in [6.07, 6.45) is 0. The topological polar surface area (TPSA) is 78.4 Å². The lowest BCUT2D eigenvalue weighted by Gasteiger charge is -2.22. The van der Waals surface area contributed by atoms with Crippen molar-refractivity contribution in [3.8, 4) is 0 Å². The second-order valence-electron chi connectivity index (χ2n) is 4.49. The minimum Gasteiger partial charge on any atom is -0.479 e. The monoisotopic (exact) mass is 260 g/mol. The fourth-order valence-electron chi connectivity index (χ4n) is 1.85. The Hall–Kier alpha value is -2.14. The first-order valence-corrected chi connectivity index (χ1v) is 6.07. The molecular formula is C14H16N2O3. The Morgan fingerprint density at radius 3 is 2.37 bits per heavy atom. The number of carboxylic acids is 1. The van der Waals surface area contributed by atoms with Crippen LogP contribution < -0.4 is 10.6 Å². The maximum atomic E-state index is 12.0. The summed E-state index contributed by atoms with van der Waals surface area (Å²) in [5.74, 6) is -1.39. The SMILES string of the molecule is CC(C(=O)N[C@H](C(=O)O)c1ccccc1)=C1CNC1. The highest BCUT2D eigenvalue weighted by molar-refractivity contribution is 5.96. The van der Waals surface area contributed by atoms with Gasteiger partial charge in [-0.25, -0.2) is 4.79 Å². The van der Waals surface area contributed by atoms with Crippen LogP contribution in [0.5, 0.6) is 0 Å². The highest BCUT2D eigenvalue weighted by Gasteiger charge is 2.24. The number of hydrogen-bond donors (Lipinski definition) is 3. The van der Waals surface area contributed by atoms with Gasteiger partial charge in [-0.2, -0.15) is 0 Å². The summed E-state index contributed by atoms with van der Waals surface area (Å²) in [6, 6.07) is 7.66. The highest BCUT2D eigenvalue weighted by Crippen LogP contribution is 2.15. The van der Waals surface area contributed by atoms with Gasteiger partial charge < -0.3 is 15.7 Å². The highest BCUT2D eigenvalue weighted by atomic mass is 16.4. The smallest absolute Gasteiger partial charge is 0.330 e. The molecule has 1 fully saturated rings. The summed E-state index contributed by atoms with van der Waals surface area (Å²) >= 11 is 0. The van der Waals surface area contributed by atoms with Crippen LogP contribution in [0, 0.1) is 0 Å². The molecule has 0 radical (unpaired) electrons. The molecule has 0 saturated carbocycles. The van der Waals surface area contributed by atoms with Crippen molar-refractivity contribution in [2.24, 2.45) is 0 Å². The number of nitrogens with one attached hydrogen (secondary N) is 2. The molecule has 100 valence electrons. The van der Waals surface area contributed by atoms with Gasteiger partial charge in [0.1, 0.15) is 0 Å². The van der Waals surface area contributed by atoms with Gasteiger partial charge in [0.15, 0.2) is 6.04 Å². The van der Waals surface area contributed by atoms with Crippen molar-refractivity contribution in [3.05, 3.63) is 47.0 Å². The standard InChI is InChI=1S/C14H16N2O3/c1-9(11-7-15-8-11)13(17)16-12(14(18)19)10-5-3-2-4-6-10/h2-6,12,15H,7-8H2,1H3,(H,16,17)(H,18,19)/t12-/m0/s1. The molecule has 0 spiro atoms. The molecule has 5 nitrogen and oxygen atoms in total. The third kappa shape index (κ3) is 3.00. The molecule has 1 aliphatic rings. The molecule has 0 aromatic heterocycles. The van der Waals surface area contributed by atoms with Crippen LogP contribution in [0.4, 0.5) is 0 Å². The quantitative estimate of drug-likeness (QED) is 0.701. The molecule has 1 saturated heterocycles. The van der Waals surface area contributed by atoms with Crippen molar-refractivity contribution in [2.75, 3.05) is 13.1 Å². The van der Waals surface area contributed by atoms with Crippen LogP contribution in [-0.4, -0.2) is 30.1 Å². The fraction of sp³-hybridized carbons (Fsp3) is 0.286. The van der Waals surface area contributed by atoms with E-state index >= 15 is 0 Å². The van der Waals surface area contributed by atoms with Crippen LogP contribution >= 0.6 is 0 Å². The van der Waals surface area contributed by atoms with Crippen molar-refractivity contribution in [2.45, 2.75) is 13.0 Å².